The van der Waals surface area contributed by atoms with E-state index in [2.05, 4.69) is 17.4 Å². The number of piperidine rings is 1. The van der Waals surface area contributed by atoms with Gasteiger partial charge in [0.2, 0.25) is 11.8 Å². The largest absolute Gasteiger partial charge is 0.355 e. The summed E-state index contributed by atoms with van der Waals surface area (Å²) >= 11 is 0. The summed E-state index contributed by atoms with van der Waals surface area (Å²) in [6, 6.07) is 8.50. The predicted octanol–water partition coefficient (Wildman–Crippen LogP) is 3.08. The number of pyridine rings is 1. The number of likely N-dealkylation sites (tertiary alicyclic amines) is 1. The number of Topliss-reactive ketones (excluding diaryl/α,β-unsaturated/α-hetero) is 1. The number of hydrogen-bond donors (Lipinski definition) is 1. The molecule has 0 aliphatic carbocycles. The Bertz CT molecular complexity index is 1510. The molecule has 0 bridgehead atoms. The summed E-state index contributed by atoms with van der Waals surface area (Å²) in [6.45, 7) is 5.02. The molecule has 0 spiro atoms. The Hall–Kier alpha value is -4.31. The number of halogens is 1. The topological polar surface area (TPSA) is 144 Å². The molecule has 13 heteroatoms. The summed E-state index contributed by atoms with van der Waals surface area (Å²) in [4.78, 5) is 46.4. The average molecular weight is 597 g/mol. The van der Waals surface area contributed by atoms with Gasteiger partial charge in [0, 0.05) is 51.0 Å². The van der Waals surface area contributed by atoms with Gasteiger partial charge in [-0.05, 0) is 56.0 Å². The van der Waals surface area contributed by atoms with Crippen LogP contribution in [0.5, 0.6) is 0 Å². The molecule has 2 fully saturated rings. The Morgan fingerprint density at radius 1 is 1.24 bits per heavy atom. The van der Waals surface area contributed by atoms with Crippen LogP contribution in [0.3, 0.4) is 0 Å². The van der Waals surface area contributed by atoms with Gasteiger partial charge in [-0.25, -0.2) is 14.1 Å². The van der Waals surface area contributed by atoms with Crippen molar-refractivity contribution >= 4 is 39.3 Å². The van der Waals surface area contributed by atoms with Crippen molar-refractivity contribution in [1.82, 2.24) is 14.6 Å². The molecular weight excluding hydrogens is 563 g/mol. The zero-order chi connectivity index (χ0) is 30.4. The number of ketones is 1. The Kier molecular flexibility index (Phi) is 9.57. The number of benzene rings is 1. The van der Waals surface area contributed by atoms with Gasteiger partial charge in [0.15, 0.2) is 5.78 Å². The van der Waals surface area contributed by atoms with Crippen LogP contribution in [-0.2, 0) is 26.3 Å². The van der Waals surface area contributed by atoms with E-state index in [4.69, 9.17) is 4.98 Å². The highest BCUT2D eigenvalue weighted by atomic mass is 32.2. The molecule has 0 unspecified atom stereocenters. The number of nitrogens with zero attached hydrogens (tertiary/aromatic N) is 5. The number of aromatic nitrogens is 1. The summed E-state index contributed by atoms with van der Waals surface area (Å²) in [7, 11) is -2.96. The minimum atomic E-state index is -4.22. The van der Waals surface area contributed by atoms with E-state index in [0.717, 1.165) is 22.9 Å². The molecule has 3 heterocycles. The molecule has 11 nitrogen and oxygen atoms in total. The molecule has 0 saturated carbocycles. The highest BCUT2D eigenvalue weighted by Gasteiger charge is 2.32. The first-order valence-corrected chi connectivity index (χ1v) is 15.1. The van der Waals surface area contributed by atoms with Crippen molar-refractivity contribution in [2.45, 2.75) is 45.1 Å². The van der Waals surface area contributed by atoms with Gasteiger partial charge in [-0.15, -0.1) is 6.58 Å². The van der Waals surface area contributed by atoms with E-state index >= 15 is 0 Å². The van der Waals surface area contributed by atoms with Crippen LogP contribution in [-0.4, -0.2) is 62.6 Å². The van der Waals surface area contributed by atoms with Crippen molar-refractivity contribution in [2.24, 2.45) is 5.92 Å². The maximum Gasteiger partial charge on any atom is 0.325 e. The molecule has 0 radical (unpaired) electrons. The fourth-order valence-corrected chi connectivity index (χ4v) is 6.02. The van der Waals surface area contributed by atoms with Crippen molar-refractivity contribution in [3.8, 4) is 6.07 Å². The monoisotopic (exact) mass is 596 g/mol. The van der Waals surface area contributed by atoms with E-state index < -0.39 is 27.9 Å². The summed E-state index contributed by atoms with van der Waals surface area (Å²) in [5.41, 5.74) is 1.13. The van der Waals surface area contributed by atoms with Gasteiger partial charge in [0.25, 0.3) is 0 Å². The second kappa shape index (κ2) is 13.1. The Balaban J connectivity index is 1.49. The molecule has 222 valence electrons. The maximum atomic E-state index is 13.2. The van der Waals surface area contributed by atoms with Gasteiger partial charge in [0.1, 0.15) is 17.7 Å². The number of nitrogens with one attached hydrogen (secondary N) is 1. The van der Waals surface area contributed by atoms with Crippen LogP contribution in [0.4, 0.5) is 15.9 Å². The van der Waals surface area contributed by atoms with Crippen molar-refractivity contribution in [3.63, 3.8) is 0 Å². The van der Waals surface area contributed by atoms with E-state index in [1.165, 1.54) is 25.2 Å². The van der Waals surface area contributed by atoms with Crippen LogP contribution < -0.4 is 13.9 Å². The molecule has 1 aromatic heterocycles. The molecule has 2 aliphatic heterocycles. The van der Waals surface area contributed by atoms with E-state index in [1.54, 1.807) is 11.0 Å². The molecule has 2 aromatic rings. The fourth-order valence-electron chi connectivity index (χ4n) is 5.07. The lowest BCUT2D eigenvalue weighted by atomic mass is 9.95. The third-order valence-corrected chi connectivity index (χ3v) is 8.93. The van der Waals surface area contributed by atoms with Gasteiger partial charge >= 0.3 is 10.2 Å². The number of hydrogen-bond acceptors (Lipinski definition) is 8. The first-order chi connectivity index (χ1) is 20.0. The van der Waals surface area contributed by atoms with Crippen LogP contribution in [0, 0.1) is 23.1 Å². The first kappa shape index (κ1) is 30.6. The highest BCUT2D eigenvalue weighted by molar-refractivity contribution is 7.91. The zero-order valence-corrected chi connectivity index (χ0v) is 24.2. The van der Waals surface area contributed by atoms with Crippen molar-refractivity contribution in [2.75, 3.05) is 35.9 Å². The van der Waals surface area contributed by atoms with Crippen molar-refractivity contribution in [1.29, 1.82) is 5.26 Å². The number of anilines is 2. The molecule has 0 atom stereocenters. The number of allylic oxidation sites excluding steroid dienone is 1. The Morgan fingerprint density at radius 2 is 1.93 bits per heavy atom. The Morgan fingerprint density at radius 3 is 2.52 bits per heavy atom. The lowest BCUT2D eigenvalue weighted by Crippen LogP contribution is -2.47. The van der Waals surface area contributed by atoms with Crippen molar-refractivity contribution in [3.05, 3.63) is 65.6 Å². The van der Waals surface area contributed by atoms with E-state index in [-0.39, 0.29) is 35.9 Å². The minimum absolute atomic E-state index is 0.0148. The molecule has 2 amide bonds. The summed E-state index contributed by atoms with van der Waals surface area (Å²) in [5, 5.41) is 9.91. The second-order valence-corrected chi connectivity index (χ2v) is 12.0. The number of amides is 2. The third kappa shape index (κ3) is 6.94. The lowest BCUT2D eigenvalue weighted by Gasteiger charge is -2.33. The molecule has 1 N–H and O–H groups in total. The SMILES string of the molecule is C=CCCC(=O)c1cc(C#N)c(N2CCC(C(=O)NS(=O)(=O)N(C)c3ccc(F)cc3)CC2)nc1CN1CCCC1=O. The number of rotatable bonds is 11. The van der Waals surface area contributed by atoms with E-state index in [9.17, 15) is 32.5 Å². The second-order valence-electron chi connectivity index (χ2n) is 10.3. The third-order valence-electron chi connectivity index (χ3n) is 7.54. The van der Waals surface area contributed by atoms with Gasteiger partial charge in [0.05, 0.1) is 23.5 Å². The molecule has 1 aromatic carbocycles. The summed E-state index contributed by atoms with van der Waals surface area (Å²) in [5.74, 6) is -1.62. The molecule has 2 aliphatic rings. The lowest BCUT2D eigenvalue weighted by molar-refractivity contribution is -0.128. The molecular formula is C29H33FN6O5S. The first-order valence-electron chi connectivity index (χ1n) is 13.7. The van der Waals surface area contributed by atoms with Gasteiger partial charge < -0.3 is 9.80 Å². The molecule has 2 saturated heterocycles. The van der Waals surface area contributed by atoms with Crippen LogP contribution in [0.15, 0.2) is 43.0 Å². The predicted molar refractivity (Wildman–Crippen MR) is 154 cm³/mol. The number of carbonyl (C=O) groups is 3. The van der Waals surface area contributed by atoms with Crippen LogP contribution in [0.25, 0.3) is 0 Å². The highest BCUT2D eigenvalue weighted by Crippen LogP contribution is 2.29. The molecule has 42 heavy (non-hydrogen) atoms. The Labute approximate surface area is 244 Å². The normalized spacial score (nSPS) is 15.8. The standard InChI is InChI=1S/C29H33FN6O5S/c1-3-4-6-26(37)24-17-21(18-31)28(32-25(24)19-36-14-5-7-27(36)38)35-15-12-20(13-16-35)29(39)33-42(40,41)34(2)23-10-8-22(30)9-11-23/h3,8-11,17,20H,1,4-7,12-16,19H2,2H3,(H,33,39). The van der Waals surface area contributed by atoms with Crippen LogP contribution in [0.2, 0.25) is 0 Å². The van der Waals surface area contributed by atoms with E-state index in [0.29, 0.717) is 62.4 Å². The van der Waals surface area contributed by atoms with Gasteiger partial charge in [-0.3, -0.25) is 18.7 Å². The molecule has 4 rings (SSSR count). The minimum Gasteiger partial charge on any atom is -0.355 e. The van der Waals surface area contributed by atoms with Gasteiger partial charge in [-0.1, -0.05) is 6.08 Å². The maximum absolute atomic E-state index is 13.2. The zero-order valence-electron chi connectivity index (χ0n) is 23.4. The fraction of sp³-hybridized carbons (Fsp3) is 0.414. The number of carbonyl (C=O) groups excluding carboxylic acids is 3. The van der Waals surface area contributed by atoms with Gasteiger partial charge in [-0.2, -0.15) is 13.7 Å². The van der Waals surface area contributed by atoms with Crippen molar-refractivity contribution < 1.29 is 27.2 Å². The quantitative estimate of drug-likeness (QED) is 0.308. The summed E-state index contributed by atoms with van der Waals surface area (Å²) < 4.78 is 41.8. The number of nitriles is 1. The van der Waals surface area contributed by atoms with Crippen LogP contribution >= 0.6 is 0 Å². The van der Waals surface area contributed by atoms with Crippen LogP contribution in [0.1, 0.15) is 60.1 Å². The smallest absolute Gasteiger partial charge is 0.325 e. The van der Waals surface area contributed by atoms with E-state index in [1.807, 2.05) is 4.90 Å². The average Bonchev–Trinajstić information content (AvgIpc) is 3.39. The summed E-state index contributed by atoms with van der Waals surface area (Å²) in [6.07, 6.45) is 4.08.